The second-order valence-corrected chi connectivity index (χ2v) is 8.56. The molecule has 2 aliphatic heterocycles. The molecule has 5 heteroatoms. The van der Waals surface area contributed by atoms with Crippen LogP contribution in [0.1, 0.15) is 59.3 Å². The second kappa shape index (κ2) is 10.4. The van der Waals surface area contributed by atoms with E-state index in [-0.39, 0.29) is 17.6 Å². The van der Waals surface area contributed by atoms with Gasteiger partial charge in [-0.3, -0.25) is 0 Å². The highest BCUT2D eigenvalue weighted by Crippen LogP contribution is 2.46. The molecular formula is C22H36O5. The van der Waals surface area contributed by atoms with Crippen LogP contribution in [-0.2, 0) is 14.3 Å². The molecule has 5 atom stereocenters. The predicted octanol–water partition coefficient (Wildman–Crippen LogP) is 3.96. The summed E-state index contributed by atoms with van der Waals surface area (Å²) in [5.41, 5.74) is -0.111. The molecular weight excluding hydrogens is 344 g/mol. The Morgan fingerprint density at radius 1 is 1.33 bits per heavy atom. The number of hydrogen-bond acceptors (Lipinski definition) is 4. The largest absolute Gasteiger partial charge is 0.478 e. The van der Waals surface area contributed by atoms with Crippen molar-refractivity contribution in [1.29, 1.82) is 0 Å². The first-order valence-corrected chi connectivity index (χ1v) is 10.3. The van der Waals surface area contributed by atoms with Gasteiger partial charge in [-0.2, -0.15) is 0 Å². The van der Waals surface area contributed by atoms with Crippen LogP contribution in [0.4, 0.5) is 0 Å². The summed E-state index contributed by atoms with van der Waals surface area (Å²) in [7, 11) is 0. The zero-order valence-corrected chi connectivity index (χ0v) is 17.0. The van der Waals surface area contributed by atoms with Gasteiger partial charge < -0.3 is 19.7 Å². The van der Waals surface area contributed by atoms with Crippen molar-refractivity contribution >= 4 is 5.97 Å². The number of rotatable bonds is 12. The van der Waals surface area contributed by atoms with Crippen molar-refractivity contribution in [3.8, 4) is 0 Å². The van der Waals surface area contributed by atoms with E-state index in [0.29, 0.717) is 25.0 Å². The Kier molecular flexibility index (Phi) is 8.52. The fourth-order valence-electron chi connectivity index (χ4n) is 4.25. The topological polar surface area (TPSA) is 76.0 Å². The Balaban J connectivity index is 1.85. The van der Waals surface area contributed by atoms with Gasteiger partial charge in [0.05, 0.1) is 24.9 Å². The Morgan fingerprint density at radius 3 is 2.78 bits per heavy atom. The molecule has 2 saturated heterocycles. The molecule has 5 nitrogen and oxygen atoms in total. The third-order valence-electron chi connectivity index (χ3n) is 6.05. The van der Waals surface area contributed by atoms with Crippen LogP contribution < -0.4 is 0 Å². The summed E-state index contributed by atoms with van der Waals surface area (Å²) < 4.78 is 11.7. The molecule has 0 aromatic rings. The van der Waals surface area contributed by atoms with E-state index in [0.717, 1.165) is 44.6 Å². The lowest BCUT2D eigenvalue weighted by molar-refractivity contribution is -0.131. The van der Waals surface area contributed by atoms with Crippen LogP contribution in [0.2, 0.25) is 0 Å². The maximum Gasteiger partial charge on any atom is 0.328 e. The Bertz CT molecular complexity index is 525. The van der Waals surface area contributed by atoms with Crippen LogP contribution in [0.15, 0.2) is 24.3 Å². The van der Waals surface area contributed by atoms with Gasteiger partial charge in [-0.05, 0) is 37.0 Å². The smallest absolute Gasteiger partial charge is 0.328 e. The van der Waals surface area contributed by atoms with Crippen LogP contribution in [0.25, 0.3) is 0 Å². The van der Waals surface area contributed by atoms with Crippen molar-refractivity contribution in [3.63, 3.8) is 0 Å². The summed E-state index contributed by atoms with van der Waals surface area (Å²) in [6, 6.07) is 0. The zero-order valence-electron chi connectivity index (χ0n) is 17.0. The van der Waals surface area contributed by atoms with Crippen molar-refractivity contribution in [2.45, 2.75) is 77.6 Å². The van der Waals surface area contributed by atoms with Crippen LogP contribution >= 0.6 is 0 Å². The number of fused-ring (bicyclic) bond motifs is 2. The van der Waals surface area contributed by atoms with E-state index in [9.17, 15) is 9.90 Å². The molecule has 2 bridgehead atoms. The summed E-state index contributed by atoms with van der Waals surface area (Å²) in [6.45, 7) is 7.35. The fourth-order valence-corrected chi connectivity index (χ4v) is 4.25. The van der Waals surface area contributed by atoms with Gasteiger partial charge in [-0.1, -0.05) is 51.8 Å². The van der Waals surface area contributed by atoms with Crippen molar-refractivity contribution in [3.05, 3.63) is 24.3 Å². The van der Waals surface area contributed by atoms with Crippen LogP contribution in [0, 0.1) is 17.3 Å². The molecule has 0 radical (unpaired) electrons. The summed E-state index contributed by atoms with van der Waals surface area (Å²) in [6.07, 6.45) is 13.3. The van der Waals surface area contributed by atoms with Crippen molar-refractivity contribution in [2.24, 2.45) is 17.3 Å². The maximum absolute atomic E-state index is 10.6. The lowest BCUT2D eigenvalue weighted by atomic mass is 9.76. The molecule has 0 aromatic heterocycles. The van der Waals surface area contributed by atoms with Crippen molar-refractivity contribution in [1.82, 2.24) is 0 Å². The molecule has 0 aromatic carbocycles. The van der Waals surface area contributed by atoms with Gasteiger partial charge in [0.1, 0.15) is 0 Å². The zero-order chi connectivity index (χ0) is 19.9. The van der Waals surface area contributed by atoms with Crippen LogP contribution in [0.3, 0.4) is 0 Å². The van der Waals surface area contributed by atoms with E-state index >= 15 is 0 Å². The Morgan fingerprint density at radius 2 is 2.07 bits per heavy atom. The molecule has 2 rings (SSSR count). The fraction of sp³-hybridized carbons (Fsp3) is 0.773. The molecule has 2 heterocycles. The minimum atomic E-state index is -0.953. The van der Waals surface area contributed by atoms with E-state index in [2.05, 4.69) is 26.8 Å². The number of aliphatic hydroxyl groups excluding tert-OH is 1. The van der Waals surface area contributed by atoms with Gasteiger partial charge in [-0.25, -0.2) is 4.79 Å². The number of unbranched alkanes of at least 4 members (excludes halogenated alkanes) is 1. The van der Waals surface area contributed by atoms with Crippen molar-refractivity contribution < 1.29 is 24.5 Å². The molecule has 27 heavy (non-hydrogen) atoms. The molecule has 154 valence electrons. The van der Waals surface area contributed by atoms with E-state index in [1.807, 2.05) is 6.08 Å². The minimum absolute atomic E-state index is 0.111. The number of hydrogen-bond donors (Lipinski definition) is 2. The highest BCUT2D eigenvalue weighted by Gasteiger charge is 2.47. The van der Waals surface area contributed by atoms with Gasteiger partial charge in [0, 0.05) is 18.6 Å². The molecule has 0 saturated carbocycles. The predicted molar refractivity (Wildman–Crippen MR) is 106 cm³/mol. The van der Waals surface area contributed by atoms with Gasteiger partial charge in [-0.15, -0.1) is 0 Å². The summed E-state index contributed by atoms with van der Waals surface area (Å²) in [5.74, 6) is -0.210. The third kappa shape index (κ3) is 6.44. The number of carboxylic acids is 1. The number of ether oxygens (including phenoxy) is 2. The first-order chi connectivity index (χ1) is 12.8. The normalized spacial score (nSPS) is 29.2. The standard InChI is InChI=1S/C22H36O5/c1-4-5-13-22(2,3)20(23)11-8-16-17(19-10-9-18(16)27-19)12-15-26-14-6-7-21(24)25/h6-8,11,16-20,23H,4-5,9-10,12-15H2,1-3H3,(H,24,25)/b7-6?,11-8+/t16-,17+,18-,19+,20?/m0/s1. The Labute approximate surface area is 163 Å². The van der Waals surface area contributed by atoms with E-state index in [4.69, 9.17) is 14.6 Å². The van der Waals surface area contributed by atoms with Gasteiger partial charge in [0.25, 0.3) is 0 Å². The summed E-state index contributed by atoms with van der Waals surface area (Å²) in [5, 5.41) is 19.2. The summed E-state index contributed by atoms with van der Waals surface area (Å²) >= 11 is 0. The Hall–Kier alpha value is -1.17. The number of aliphatic carboxylic acids is 1. The first kappa shape index (κ1) is 22.1. The molecule has 0 spiro atoms. The summed E-state index contributed by atoms with van der Waals surface area (Å²) in [4.78, 5) is 10.4. The van der Waals surface area contributed by atoms with Gasteiger partial charge in [0.2, 0.25) is 0 Å². The average Bonchev–Trinajstić information content (AvgIpc) is 3.22. The highest BCUT2D eigenvalue weighted by atomic mass is 16.5. The van der Waals surface area contributed by atoms with Gasteiger partial charge >= 0.3 is 5.97 Å². The average molecular weight is 381 g/mol. The van der Waals surface area contributed by atoms with Crippen LogP contribution in [-0.4, -0.2) is 47.7 Å². The van der Waals surface area contributed by atoms with Crippen molar-refractivity contribution in [2.75, 3.05) is 13.2 Å². The van der Waals surface area contributed by atoms with E-state index in [1.165, 1.54) is 6.08 Å². The molecule has 0 amide bonds. The number of carboxylic acid groups (broad SMARTS) is 1. The monoisotopic (exact) mass is 380 g/mol. The highest BCUT2D eigenvalue weighted by molar-refractivity contribution is 5.79. The number of aliphatic hydroxyl groups is 1. The second-order valence-electron chi connectivity index (χ2n) is 8.56. The van der Waals surface area contributed by atoms with Gasteiger partial charge in [0.15, 0.2) is 0 Å². The maximum atomic E-state index is 10.6. The van der Waals surface area contributed by atoms with E-state index in [1.54, 1.807) is 0 Å². The molecule has 1 unspecified atom stereocenters. The first-order valence-electron chi connectivity index (χ1n) is 10.3. The third-order valence-corrected chi connectivity index (χ3v) is 6.05. The molecule has 2 aliphatic rings. The lowest BCUT2D eigenvalue weighted by Gasteiger charge is -2.30. The molecule has 2 fully saturated rings. The quantitative estimate of drug-likeness (QED) is 0.304. The molecule has 0 aliphatic carbocycles. The SMILES string of the molecule is CCCCC(C)(C)C(O)/C=C/[C@H]1[C@@H](CCOCC=CC(=O)O)[C@H]2CC[C@@H]1O2. The number of carbonyl (C=O) groups is 1. The lowest BCUT2D eigenvalue weighted by Crippen LogP contribution is -2.30. The van der Waals surface area contributed by atoms with Crippen LogP contribution in [0.5, 0.6) is 0 Å². The minimum Gasteiger partial charge on any atom is -0.478 e. The van der Waals surface area contributed by atoms with E-state index < -0.39 is 12.1 Å². The molecule has 2 N–H and O–H groups in total.